The number of aromatic nitrogens is 4. The number of aryl methyl sites for hydroxylation is 4. The minimum absolute atomic E-state index is 0.0862. The van der Waals surface area contributed by atoms with Crippen LogP contribution in [-0.4, -0.2) is 50.4 Å². The first-order valence-electron chi connectivity index (χ1n) is 9.78. The first-order valence-corrected chi connectivity index (χ1v) is 11.0. The number of thioether (sulfide) groups is 1. The summed E-state index contributed by atoms with van der Waals surface area (Å²) < 4.78 is 6.61. The molecule has 0 saturated heterocycles. The molecule has 2 N–H and O–H groups in total. The van der Waals surface area contributed by atoms with Gasteiger partial charge in [0.15, 0.2) is 6.61 Å². The maximum absolute atomic E-state index is 12.3. The lowest BCUT2D eigenvalue weighted by Crippen LogP contribution is -2.37. The van der Waals surface area contributed by atoms with E-state index in [9.17, 15) is 14.4 Å². The summed E-state index contributed by atoms with van der Waals surface area (Å²) in [5.74, 6) is -0.897. The van der Waals surface area contributed by atoms with Crippen LogP contribution in [0.15, 0.2) is 23.4 Å². The third kappa shape index (κ3) is 5.41. The van der Waals surface area contributed by atoms with Crippen LogP contribution in [0.2, 0.25) is 0 Å². The molecule has 3 rings (SSSR count). The zero-order valence-corrected chi connectivity index (χ0v) is 19.3. The van der Waals surface area contributed by atoms with Crippen molar-refractivity contribution in [2.75, 3.05) is 18.2 Å². The second kappa shape index (κ2) is 9.77. The number of benzene rings is 1. The van der Waals surface area contributed by atoms with Gasteiger partial charge >= 0.3 is 12.0 Å². The number of nitrogens with zero attached hydrogens (tertiary/aromatic N) is 4. The van der Waals surface area contributed by atoms with E-state index < -0.39 is 24.5 Å². The van der Waals surface area contributed by atoms with E-state index in [0.29, 0.717) is 27.9 Å². The summed E-state index contributed by atoms with van der Waals surface area (Å²) in [5.41, 5.74) is 4.51. The molecule has 0 atom stereocenters. The summed E-state index contributed by atoms with van der Waals surface area (Å²) >= 11 is 1.39. The molecule has 11 heteroatoms. The molecule has 3 aromatic rings. The number of anilines is 1. The second-order valence-electron chi connectivity index (χ2n) is 7.23. The van der Waals surface area contributed by atoms with Crippen LogP contribution < -0.4 is 10.6 Å². The van der Waals surface area contributed by atoms with Crippen LogP contribution in [0.3, 0.4) is 0 Å². The van der Waals surface area contributed by atoms with Crippen LogP contribution in [0.5, 0.6) is 0 Å². The number of rotatable bonds is 6. The molecule has 0 aliphatic rings. The molecular weight excluding hydrogens is 432 g/mol. The highest BCUT2D eigenvalue weighted by molar-refractivity contribution is 7.98. The highest BCUT2D eigenvalue weighted by Gasteiger charge is 2.18. The topological polar surface area (TPSA) is 128 Å². The molecular formula is C21H24N6O4S. The first-order chi connectivity index (χ1) is 15.2. The van der Waals surface area contributed by atoms with Gasteiger partial charge in [-0.2, -0.15) is 4.98 Å². The number of amides is 3. The average molecular weight is 457 g/mol. The number of imide groups is 1. The van der Waals surface area contributed by atoms with Crippen LogP contribution in [-0.2, 0) is 20.7 Å². The summed E-state index contributed by atoms with van der Waals surface area (Å²) in [6.07, 6.45) is 1.78. The maximum Gasteiger partial charge on any atom is 0.325 e. The fraction of sp³-hybridized carbons (Fsp3) is 0.333. The van der Waals surface area contributed by atoms with Gasteiger partial charge in [0.1, 0.15) is 0 Å². The van der Waals surface area contributed by atoms with Crippen LogP contribution in [0.25, 0.3) is 5.78 Å². The summed E-state index contributed by atoms with van der Waals surface area (Å²) in [5, 5.41) is 9.66. The smallest absolute Gasteiger partial charge is 0.325 e. The molecule has 2 heterocycles. The summed E-state index contributed by atoms with van der Waals surface area (Å²) in [4.78, 5) is 45.0. The van der Waals surface area contributed by atoms with Crippen molar-refractivity contribution < 1.29 is 19.1 Å². The van der Waals surface area contributed by atoms with E-state index in [2.05, 4.69) is 25.7 Å². The van der Waals surface area contributed by atoms with Crippen LogP contribution in [0.4, 0.5) is 10.5 Å². The lowest BCUT2D eigenvalue weighted by Gasteiger charge is -2.11. The highest BCUT2D eigenvalue weighted by atomic mass is 32.2. The van der Waals surface area contributed by atoms with Gasteiger partial charge in [-0.3, -0.25) is 14.9 Å². The number of ether oxygens (including phenoxy) is 1. The Balaban J connectivity index is 1.55. The lowest BCUT2D eigenvalue weighted by atomic mass is 10.1. The van der Waals surface area contributed by atoms with E-state index in [-0.39, 0.29) is 6.42 Å². The van der Waals surface area contributed by atoms with E-state index in [4.69, 9.17) is 4.74 Å². The van der Waals surface area contributed by atoms with Gasteiger partial charge in [-0.15, -0.1) is 5.10 Å². The van der Waals surface area contributed by atoms with Gasteiger partial charge in [0.05, 0.1) is 6.42 Å². The molecule has 2 aromatic heterocycles. The molecule has 0 spiro atoms. The standard InChI is InChI=1S/C21H24N6O4S/c1-11-6-7-16(12(2)8-11)23-20(30)24-17(28)10-31-18(29)9-15-13(3)22-19-25-21(32-5)26-27(19)14(15)4/h6-8H,9-10H2,1-5H3,(H2,23,24,28,30). The van der Waals surface area contributed by atoms with E-state index in [0.717, 1.165) is 16.8 Å². The Morgan fingerprint density at radius 3 is 2.56 bits per heavy atom. The lowest BCUT2D eigenvalue weighted by molar-refractivity contribution is -0.147. The predicted molar refractivity (Wildman–Crippen MR) is 120 cm³/mol. The van der Waals surface area contributed by atoms with Crippen molar-refractivity contribution >= 4 is 41.1 Å². The van der Waals surface area contributed by atoms with Crippen LogP contribution in [0.1, 0.15) is 28.1 Å². The number of hydrogen-bond acceptors (Lipinski definition) is 8. The van der Waals surface area contributed by atoms with Gasteiger partial charge in [0, 0.05) is 22.6 Å². The molecule has 168 valence electrons. The maximum atomic E-state index is 12.3. The molecule has 3 amide bonds. The molecule has 0 fully saturated rings. The third-order valence-electron chi connectivity index (χ3n) is 4.78. The average Bonchev–Trinajstić information content (AvgIpc) is 3.15. The van der Waals surface area contributed by atoms with Gasteiger partial charge in [0.2, 0.25) is 5.16 Å². The Morgan fingerprint density at radius 2 is 1.88 bits per heavy atom. The molecule has 10 nitrogen and oxygen atoms in total. The Kier molecular flexibility index (Phi) is 7.08. The summed E-state index contributed by atoms with van der Waals surface area (Å²) in [6, 6.07) is 4.82. The van der Waals surface area contributed by atoms with Gasteiger partial charge < -0.3 is 10.1 Å². The molecule has 0 unspecified atom stereocenters. The number of fused-ring (bicyclic) bond motifs is 1. The van der Waals surface area contributed by atoms with Gasteiger partial charge in [-0.25, -0.2) is 14.3 Å². The van der Waals surface area contributed by atoms with Crippen molar-refractivity contribution in [1.82, 2.24) is 24.9 Å². The second-order valence-corrected chi connectivity index (χ2v) is 8.00. The van der Waals surface area contributed by atoms with Crippen LogP contribution in [0, 0.1) is 27.7 Å². The van der Waals surface area contributed by atoms with Gasteiger partial charge in [0.25, 0.3) is 11.7 Å². The molecule has 1 aromatic carbocycles. The van der Waals surface area contributed by atoms with E-state index >= 15 is 0 Å². The van der Waals surface area contributed by atoms with Crippen molar-refractivity contribution in [3.63, 3.8) is 0 Å². The van der Waals surface area contributed by atoms with Crippen molar-refractivity contribution in [3.8, 4) is 0 Å². The number of hydrogen-bond donors (Lipinski definition) is 2. The number of carbonyl (C=O) groups excluding carboxylic acids is 3. The SMILES string of the molecule is CSc1nc2nc(C)c(CC(=O)OCC(=O)NC(=O)Nc3ccc(C)cc3C)c(C)n2n1. The summed E-state index contributed by atoms with van der Waals surface area (Å²) in [6.45, 7) is 6.80. The van der Waals surface area contributed by atoms with Crippen molar-refractivity contribution in [2.24, 2.45) is 0 Å². The molecule has 0 aliphatic heterocycles. The van der Waals surface area contributed by atoms with Crippen molar-refractivity contribution in [3.05, 3.63) is 46.3 Å². The third-order valence-corrected chi connectivity index (χ3v) is 5.32. The number of carbonyl (C=O) groups is 3. The number of urea groups is 1. The molecule has 0 bridgehead atoms. The minimum atomic E-state index is -0.733. The van der Waals surface area contributed by atoms with E-state index in [1.807, 2.05) is 39.2 Å². The Labute approximate surface area is 189 Å². The van der Waals surface area contributed by atoms with Crippen molar-refractivity contribution in [1.29, 1.82) is 0 Å². The Bertz CT molecular complexity index is 1210. The van der Waals surface area contributed by atoms with Gasteiger partial charge in [-0.05, 0) is 45.6 Å². The highest BCUT2D eigenvalue weighted by Crippen LogP contribution is 2.18. The number of nitrogens with one attached hydrogen (secondary N) is 2. The molecule has 32 heavy (non-hydrogen) atoms. The largest absolute Gasteiger partial charge is 0.455 e. The Morgan fingerprint density at radius 1 is 1.12 bits per heavy atom. The fourth-order valence-electron chi connectivity index (χ4n) is 3.14. The van der Waals surface area contributed by atoms with Crippen LogP contribution >= 0.6 is 11.8 Å². The predicted octanol–water partition coefficient (Wildman–Crippen LogP) is 2.51. The summed E-state index contributed by atoms with van der Waals surface area (Å²) in [7, 11) is 0. The van der Waals surface area contributed by atoms with Crippen molar-refractivity contribution in [2.45, 2.75) is 39.3 Å². The fourth-order valence-corrected chi connectivity index (χ4v) is 3.48. The molecule has 0 saturated carbocycles. The van der Waals surface area contributed by atoms with Gasteiger partial charge in [-0.1, -0.05) is 29.5 Å². The van der Waals surface area contributed by atoms with E-state index in [1.165, 1.54) is 11.8 Å². The minimum Gasteiger partial charge on any atom is -0.455 e. The number of esters is 1. The quantitative estimate of drug-likeness (QED) is 0.428. The normalized spacial score (nSPS) is 10.8. The Hall–Kier alpha value is -3.47. The first kappa shape index (κ1) is 23.2. The zero-order chi connectivity index (χ0) is 23.4. The monoisotopic (exact) mass is 456 g/mol. The zero-order valence-electron chi connectivity index (χ0n) is 18.5. The van der Waals surface area contributed by atoms with E-state index in [1.54, 1.807) is 17.5 Å². The molecule has 0 aliphatic carbocycles. The molecule has 0 radical (unpaired) electrons.